The fourth-order valence-corrected chi connectivity index (χ4v) is 2.33. The molecule has 1 aliphatic heterocycles. The van der Waals surface area contributed by atoms with Crippen LogP contribution in [0.3, 0.4) is 0 Å². The van der Waals surface area contributed by atoms with Crippen molar-refractivity contribution in [2.24, 2.45) is 0 Å². The summed E-state index contributed by atoms with van der Waals surface area (Å²) in [6, 6.07) is 6.03. The van der Waals surface area contributed by atoms with Gasteiger partial charge in [-0.3, -0.25) is 4.79 Å². The van der Waals surface area contributed by atoms with Crippen LogP contribution in [0.1, 0.15) is 17.5 Å². The number of ether oxygens (including phenoxy) is 1. The molecule has 3 nitrogen and oxygen atoms in total. The second-order valence-corrected chi connectivity index (χ2v) is 4.45. The number of carbonyl (C=O) groups is 1. The molecule has 0 saturated heterocycles. The fourth-order valence-electron chi connectivity index (χ4n) is 2.16. The summed E-state index contributed by atoms with van der Waals surface area (Å²) >= 11 is 5.60. The van der Waals surface area contributed by atoms with Gasteiger partial charge in [0, 0.05) is 13.1 Å². The van der Waals surface area contributed by atoms with Crippen LogP contribution in [0.4, 0.5) is 0 Å². The molecule has 0 N–H and O–H groups in total. The van der Waals surface area contributed by atoms with Crippen LogP contribution in [0.25, 0.3) is 0 Å². The van der Waals surface area contributed by atoms with Gasteiger partial charge in [-0.1, -0.05) is 6.07 Å². The summed E-state index contributed by atoms with van der Waals surface area (Å²) < 4.78 is 5.21. The average Bonchev–Trinajstić information content (AvgIpc) is 2.58. The zero-order valence-electron chi connectivity index (χ0n) is 9.91. The highest BCUT2D eigenvalue weighted by molar-refractivity contribution is 6.27. The molecule has 0 aromatic heterocycles. The monoisotopic (exact) mass is 253 g/mol. The molecule has 0 fully saturated rings. The van der Waals surface area contributed by atoms with Crippen molar-refractivity contribution in [3.05, 3.63) is 29.3 Å². The predicted octanol–water partition coefficient (Wildman–Crippen LogP) is 2.21. The van der Waals surface area contributed by atoms with E-state index >= 15 is 0 Å². The van der Waals surface area contributed by atoms with Crippen molar-refractivity contribution in [2.45, 2.75) is 19.4 Å². The van der Waals surface area contributed by atoms with E-state index in [0.717, 1.165) is 25.1 Å². The second kappa shape index (κ2) is 5.41. The predicted molar refractivity (Wildman–Crippen MR) is 67.5 cm³/mol. The Morgan fingerprint density at radius 3 is 3.00 bits per heavy atom. The number of methoxy groups -OCH3 is 1. The Kier molecular flexibility index (Phi) is 3.89. The molecule has 0 unspecified atom stereocenters. The molecule has 1 aromatic carbocycles. The van der Waals surface area contributed by atoms with Gasteiger partial charge in [0.2, 0.25) is 5.91 Å². The standard InChI is InChI=1S/C13H16ClNO2/c1-17-12-5-4-11-9-15(13(16)8-14)6-2-3-10(11)7-12/h4-5,7H,2-3,6,8-9H2,1H3. The molecular formula is C13H16ClNO2. The van der Waals surface area contributed by atoms with E-state index in [1.807, 2.05) is 17.0 Å². The van der Waals surface area contributed by atoms with Gasteiger partial charge in [0.05, 0.1) is 7.11 Å². The summed E-state index contributed by atoms with van der Waals surface area (Å²) in [6.07, 6.45) is 1.96. The van der Waals surface area contributed by atoms with E-state index in [9.17, 15) is 4.79 Å². The number of nitrogens with zero attached hydrogens (tertiary/aromatic N) is 1. The molecule has 1 aromatic rings. The average molecular weight is 254 g/mol. The molecule has 0 bridgehead atoms. The van der Waals surface area contributed by atoms with Crippen LogP contribution >= 0.6 is 11.6 Å². The lowest BCUT2D eigenvalue weighted by Gasteiger charge is -2.19. The topological polar surface area (TPSA) is 29.5 Å². The summed E-state index contributed by atoms with van der Waals surface area (Å²) in [5, 5.41) is 0. The number of halogens is 1. The molecule has 17 heavy (non-hydrogen) atoms. The highest BCUT2D eigenvalue weighted by Crippen LogP contribution is 2.23. The second-order valence-electron chi connectivity index (χ2n) is 4.19. The van der Waals surface area contributed by atoms with Gasteiger partial charge in [0.1, 0.15) is 11.6 Å². The van der Waals surface area contributed by atoms with E-state index in [1.165, 1.54) is 11.1 Å². The van der Waals surface area contributed by atoms with E-state index < -0.39 is 0 Å². The zero-order chi connectivity index (χ0) is 12.3. The Morgan fingerprint density at radius 1 is 1.47 bits per heavy atom. The molecule has 92 valence electrons. The van der Waals surface area contributed by atoms with Gasteiger partial charge in [-0.25, -0.2) is 0 Å². The Labute approximate surface area is 106 Å². The summed E-state index contributed by atoms with van der Waals surface area (Å²) in [6.45, 7) is 1.44. The van der Waals surface area contributed by atoms with Gasteiger partial charge in [-0.05, 0) is 36.1 Å². The lowest BCUT2D eigenvalue weighted by atomic mass is 10.0. The van der Waals surface area contributed by atoms with Crippen molar-refractivity contribution < 1.29 is 9.53 Å². The van der Waals surface area contributed by atoms with Gasteiger partial charge in [0.25, 0.3) is 0 Å². The summed E-state index contributed by atoms with van der Waals surface area (Å²) in [5.41, 5.74) is 2.47. The minimum absolute atomic E-state index is 0.00957. The Morgan fingerprint density at radius 2 is 2.29 bits per heavy atom. The van der Waals surface area contributed by atoms with E-state index in [-0.39, 0.29) is 11.8 Å². The maximum absolute atomic E-state index is 11.6. The summed E-state index contributed by atoms with van der Waals surface area (Å²) in [4.78, 5) is 13.4. The van der Waals surface area contributed by atoms with Gasteiger partial charge < -0.3 is 9.64 Å². The number of benzene rings is 1. The molecule has 0 radical (unpaired) electrons. The Bertz CT molecular complexity index is 420. The maximum atomic E-state index is 11.6. The SMILES string of the molecule is COc1ccc2c(c1)CCCN(C(=O)CCl)C2. The third-order valence-corrected chi connectivity index (χ3v) is 3.34. The van der Waals surface area contributed by atoms with Crippen LogP contribution in [0.5, 0.6) is 5.75 Å². The molecule has 1 heterocycles. The normalized spacial score (nSPS) is 15.1. The van der Waals surface area contributed by atoms with Crippen LogP contribution in [0.2, 0.25) is 0 Å². The fraction of sp³-hybridized carbons (Fsp3) is 0.462. The summed E-state index contributed by atoms with van der Waals surface area (Å²) in [5.74, 6) is 0.946. The van der Waals surface area contributed by atoms with Crippen molar-refractivity contribution in [1.82, 2.24) is 4.90 Å². The first-order chi connectivity index (χ1) is 8.24. The largest absolute Gasteiger partial charge is 0.497 e. The molecule has 2 rings (SSSR count). The summed E-state index contributed by atoms with van der Waals surface area (Å²) in [7, 11) is 1.67. The lowest BCUT2D eigenvalue weighted by Crippen LogP contribution is -2.31. The molecule has 0 atom stereocenters. The number of hydrogen-bond donors (Lipinski definition) is 0. The molecule has 0 aliphatic carbocycles. The van der Waals surface area contributed by atoms with Crippen LogP contribution < -0.4 is 4.74 Å². The third kappa shape index (κ3) is 2.72. The third-order valence-electron chi connectivity index (χ3n) is 3.12. The van der Waals surface area contributed by atoms with Crippen LogP contribution in [0, 0.1) is 0 Å². The van der Waals surface area contributed by atoms with Crippen molar-refractivity contribution in [1.29, 1.82) is 0 Å². The van der Waals surface area contributed by atoms with Gasteiger partial charge >= 0.3 is 0 Å². The van der Waals surface area contributed by atoms with E-state index in [0.29, 0.717) is 6.54 Å². The number of hydrogen-bond acceptors (Lipinski definition) is 2. The number of amides is 1. The molecule has 0 spiro atoms. The van der Waals surface area contributed by atoms with Gasteiger partial charge in [-0.2, -0.15) is 0 Å². The van der Waals surface area contributed by atoms with Crippen molar-refractivity contribution in [2.75, 3.05) is 19.5 Å². The number of aryl methyl sites for hydroxylation is 1. The van der Waals surface area contributed by atoms with E-state index in [1.54, 1.807) is 7.11 Å². The van der Waals surface area contributed by atoms with E-state index in [2.05, 4.69) is 6.07 Å². The quantitative estimate of drug-likeness (QED) is 0.757. The lowest BCUT2D eigenvalue weighted by molar-refractivity contribution is -0.129. The smallest absolute Gasteiger partial charge is 0.237 e. The number of carbonyl (C=O) groups excluding carboxylic acids is 1. The van der Waals surface area contributed by atoms with Crippen LogP contribution in [0.15, 0.2) is 18.2 Å². The van der Waals surface area contributed by atoms with Crippen LogP contribution in [-0.4, -0.2) is 30.3 Å². The highest BCUT2D eigenvalue weighted by Gasteiger charge is 2.18. The minimum Gasteiger partial charge on any atom is -0.497 e. The first-order valence-electron chi connectivity index (χ1n) is 5.74. The Balaban J connectivity index is 2.23. The van der Waals surface area contributed by atoms with E-state index in [4.69, 9.17) is 16.3 Å². The maximum Gasteiger partial charge on any atom is 0.237 e. The number of fused-ring (bicyclic) bond motifs is 1. The van der Waals surface area contributed by atoms with Crippen molar-refractivity contribution >= 4 is 17.5 Å². The highest BCUT2D eigenvalue weighted by atomic mass is 35.5. The zero-order valence-corrected chi connectivity index (χ0v) is 10.7. The molecular weight excluding hydrogens is 238 g/mol. The molecule has 0 saturated carbocycles. The van der Waals surface area contributed by atoms with Gasteiger partial charge in [-0.15, -0.1) is 11.6 Å². The first kappa shape index (κ1) is 12.2. The molecule has 1 amide bonds. The molecule has 4 heteroatoms. The number of rotatable bonds is 2. The Hall–Kier alpha value is -1.22. The first-order valence-corrected chi connectivity index (χ1v) is 6.27. The van der Waals surface area contributed by atoms with Crippen molar-refractivity contribution in [3.8, 4) is 5.75 Å². The van der Waals surface area contributed by atoms with Crippen molar-refractivity contribution in [3.63, 3.8) is 0 Å². The molecule has 1 aliphatic rings. The van der Waals surface area contributed by atoms with Gasteiger partial charge in [0.15, 0.2) is 0 Å². The van der Waals surface area contributed by atoms with Crippen LogP contribution in [-0.2, 0) is 17.8 Å². The minimum atomic E-state index is 0.00957. The number of alkyl halides is 1.